The van der Waals surface area contributed by atoms with Crippen molar-refractivity contribution in [2.45, 2.75) is 122 Å². The van der Waals surface area contributed by atoms with Gasteiger partial charge in [0.2, 0.25) is 5.91 Å². The van der Waals surface area contributed by atoms with Crippen molar-refractivity contribution < 1.29 is 67.8 Å². The Hall–Kier alpha value is -5.22. The van der Waals surface area contributed by atoms with E-state index in [-0.39, 0.29) is 29.7 Å². The van der Waals surface area contributed by atoms with Crippen LogP contribution in [0.1, 0.15) is 90.2 Å². The molecule has 11 atom stereocenters. The first kappa shape index (κ1) is 44.3. The number of nitrogens with one attached hydrogen (secondary N) is 1. The standard InChI is InChI=1S/C45H53NO14/c1-9-23(2)39(52)46-33(27-16-12-10-13-17-27)34(50)41(54)58-29-21-45(55)38(59-40(53)28-18-14-11-15-19-28)36-43(8,30(49)20-31-44(36,22-56-31)60-26(5)48)37(51)35(57-25(4)47)32(24(29)3)42(45,6)7/h9-19,29-31,33-36,38,49-50,55H,20-22H2,1-8H3,(H,46,52)/b23-9+/t29-,30-,31+,33-,34+,35+,36?,38-,43+,44+,45+/m0/s1. The number of esters is 4. The predicted octanol–water partition coefficient (Wildman–Crippen LogP) is 3.39. The minimum Gasteiger partial charge on any atom is -0.456 e. The second-order valence-electron chi connectivity index (χ2n) is 17.0. The van der Waals surface area contributed by atoms with Crippen LogP contribution in [0, 0.1) is 16.7 Å². The van der Waals surface area contributed by atoms with Gasteiger partial charge in [0.05, 0.1) is 35.6 Å². The van der Waals surface area contributed by atoms with E-state index in [1.807, 2.05) is 0 Å². The van der Waals surface area contributed by atoms with Crippen LogP contribution in [-0.2, 0) is 47.7 Å². The molecular formula is C45H53NO14. The van der Waals surface area contributed by atoms with Gasteiger partial charge in [0, 0.05) is 37.7 Å². The maximum absolute atomic E-state index is 15.4. The Bertz CT molecular complexity index is 2110. The van der Waals surface area contributed by atoms with Crippen molar-refractivity contribution in [3.63, 3.8) is 0 Å². The monoisotopic (exact) mass is 831 g/mol. The summed E-state index contributed by atoms with van der Waals surface area (Å²) in [5.41, 5.74) is -6.91. The van der Waals surface area contributed by atoms with Crippen LogP contribution in [-0.4, -0.2) is 105 Å². The normalized spacial score (nSPS) is 32.9. The molecule has 2 aromatic rings. The number of hydrogen-bond donors (Lipinski definition) is 4. The lowest BCUT2D eigenvalue weighted by atomic mass is 9.44. The highest BCUT2D eigenvalue weighted by atomic mass is 16.6. The number of allylic oxidation sites excluding steroid dienone is 1. The van der Waals surface area contributed by atoms with E-state index >= 15 is 4.79 Å². The van der Waals surface area contributed by atoms with E-state index in [1.54, 1.807) is 82.3 Å². The Balaban J connectivity index is 1.56. The molecule has 2 aromatic carbocycles. The number of fused-ring (bicyclic) bond motifs is 5. The average Bonchev–Trinajstić information content (AvgIpc) is 3.20. The Labute approximate surface area is 348 Å². The molecule has 1 amide bonds. The molecule has 322 valence electrons. The number of Topliss-reactive ketones (excluding diaryl/α,β-unsaturated/α-hetero) is 1. The molecule has 4 N–H and O–H groups in total. The van der Waals surface area contributed by atoms with Crippen LogP contribution in [0.5, 0.6) is 0 Å². The first-order chi connectivity index (χ1) is 28.1. The van der Waals surface area contributed by atoms with Crippen molar-refractivity contribution in [3.05, 3.63) is 94.6 Å². The summed E-state index contributed by atoms with van der Waals surface area (Å²) in [5.74, 6) is -6.78. The predicted molar refractivity (Wildman–Crippen MR) is 211 cm³/mol. The Morgan fingerprint density at radius 2 is 1.53 bits per heavy atom. The van der Waals surface area contributed by atoms with Gasteiger partial charge in [0.1, 0.15) is 23.9 Å². The molecule has 3 fully saturated rings. The number of aliphatic hydroxyl groups excluding tert-OH is 2. The zero-order valence-corrected chi connectivity index (χ0v) is 34.9. The fraction of sp³-hybridized carbons (Fsp3) is 0.511. The molecule has 1 saturated heterocycles. The molecule has 4 aliphatic rings. The Morgan fingerprint density at radius 3 is 2.08 bits per heavy atom. The highest BCUT2D eigenvalue weighted by molar-refractivity contribution is 5.96. The number of benzene rings is 2. The molecular weight excluding hydrogens is 778 g/mol. The van der Waals surface area contributed by atoms with Gasteiger partial charge in [-0.25, -0.2) is 9.59 Å². The van der Waals surface area contributed by atoms with Gasteiger partial charge >= 0.3 is 23.9 Å². The summed E-state index contributed by atoms with van der Waals surface area (Å²) in [5, 5.41) is 40.0. The third-order valence-electron chi connectivity index (χ3n) is 13.2. The van der Waals surface area contributed by atoms with Crippen molar-refractivity contribution in [1.29, 1.82) is 0 Å². The molecule has 0 spiro atoms. The van der Waals surface area contributed by atoms with Gasteiger partial charge in [-0.2, -0.15) is 0 Å². The van der Waals surface area contributed by atoms with Crippen molar-refractivity contribution in [2.24, 2.45) is 16.7 Å². The number of amides is 1. The van der Waals surface area contributed by atoms with Gasteiger partial charge in [-0.15, -0.1) is 0 Å². The number of carbonyl (C=O) groups excluding carboxylic acids is 6. The van der Waals surface area contributed by atoms with E-state index < -0.39 is 113 Å². The molecule has 1 aliphatic heterocycles. The summed E-state index contributed by atoms with van der Waals surface area (Å²) >= 11 is 0. The maximum atomic E-state index is 15.4. The fourth-order valence-electron chi connectivity index (χ4n) is 9.75. The van der Waals surface area contributed by atoms with Gasteiger partial charge in [0.15, 0.2) is 23.6 Å². The molecule has 1 heterocycles. The van der Waals surface area contributed by atoms with E-state index in [2.05, 4.69) is 5.32 Å². The molecule has 3 aliphatic carbocycles. The lowest BCUT2D eigenvalue weighted by Gasteiger charge is -2.67. The van der Waals surface area contributed by atoms with Crippen molar-refractivity contribution in [2.75, 3.05) is 6.61 Å². The highest BCUT2D eigenvalue weighted by Crippen LogP contribution is 2.64. The van der Waals surface area contributed by atoms with Gasteiger partial charge in [-0.05, 0) is 56.5 Å². The lowest BCUT2D eigenvalue weighted by molar-refractivity contribution is -0.346. The van der Waals surface area contributed by atoms with Crippen LogP contribution in [0.25, 0.3) is 0 Å². The van der Waals surface area contributed by atoms with Crippen LogP contribution in [0.15, 0.2) is 83.5 Å². The lowest BCUT2D eigenvalue weighted by Crippen LogP contribution is -2.82. The highest BCUT2D eigenvalue weighted by Gasteiger charge is 2.78. The van der Waals surface area contributed by atoms with E-state index in [0.29, 0.717) is 11.1 Å². The van der Waals surface area contributed by atoms with Gasteiger partial charge in [-0.3, -0.25) is 19.2 Å². The molecule has 0 aromatic heterocycles. The molecule has 1 unspecified atom stereocenters. The molecule has 2 saturated carbocycles. The number of ether oxygens (including phenoxy) is 5. The SMILES string of the molecule is C/C=C(\C)C(=O)N[C@@H](c1ccccc1)[C@@H](O)C(=O)O[C@H]1C[C@@]2(O)[C@@H](OC(=O)c3ccccc3)C3[C@@]4(OC(C)=O)CO[C@@H]4C[C@H](O)[C@@]3(C)C(=O)[C@H](OC(C)=O)C(=C1C)C2(C)C. The van der Waals surface area contributed by atoms with E-state index in [4.69, 9.17) is 23.7 Å². The van der Waals surface area contributed by atoms with Crippen LogP contribution in [0.4, 0.5) is 0 Å². The molecule has 0 radical (unpaired) electrons. The number of ketones is 1. The van der Waals surface area contributed by atoms with Crippen LogP contribution >= 0.6 is 0 Å². The first-order valence-corrected chi connectivity index (χ1v) is 19.9. The smallest absolute Gasteiger partial charge is 0.338 e. The summed E-state index contributed by atoms with van der Waals surface area (Å²) in [4.78, 5) is 82.9. The molecule has 15 heteroatoms. The molecule has 15 nitrogen and oxygen atoms in total. The second kappa shape index (κ2) is 16.3. The number of carbonyl (C=O) groups is 6. The van der Waals surface area contributed by atoms with E-state index in [9.17, 15) is 39.3 Å². The summed E-state index contributed by atoms with van der Waals surface area (Å²) in [6.45, 7) is 11.2. The van der Waals surface area contributed by atoms with Crippen molar-refractivity contribution >= 4 is 35.6 Å². The van der Waals surface area contributed by atoms with Crippen LogP contribution in [0.3, 0.4) is 0 Å². The summed E-state index contributed by atoms with van der Waals surface area (Å²) in [7, 11) is 0. The summed E-state index contributed by atoms with van der Waals surface area (Å²) in [6.07, 6.45) is -8.88. The summed E-state index contributed by atoms with van der Waals surface area (Å²) in [6, 6.07) is 14.8. The third kappa shape index (κ3) is 7.24. The number of hydrogen-bond acceptors (Lipinski definition) is 14. The van der Waals surface area contributed by atoms with E-state index in [0.717, 1.165) is 13.8 Å². The maximum Gasteiger partial charge on any atom is 0.338 e. The first-order valence-electron chi connectivity index (χ1n) is 19.9. The largest absolute Gasteiger partial charge is 0.456 e. The van der Waals surface area contributed by atoms with Gasteiger partial charge in [-0.1, -0.05) is 68.5 Å². The molecule has 60 heavy (non-hydrogen) atoms. The topological polar surface area (TPSA) is 221 Å². The number of aliphatic hydroxyl groups is 3. The fourth-order valence-corrected chi connectivity index (χ4v) is 9.75. The number of rotatable bonds is 10. The van der Waals surface area contributed by atoms with Crippen molar-refractivity contribution in [3.8, 4) is 0 Å². The van der Waals surface area contributed by atoms with Gasteiger partial charge in [0.25, 0.3) is 0 Å². The minimum atomic E-state index is -2.38. The summed E-state index contributed by atoms with van der Waals surface area (Å²) < 4.78 is 30.2. The molecule has 2 bridgehead atoms. The minimum absolute atomic E-state index is 0.00140. The van der Waals surface area contributed by atoms with Gasteiger partial charge < -0.3 is 44.3 Å². The van der Waals surface area contributed by atoms with Crippen LogP contribution in [0.2, 0.25) is 0 Å². The average molecular weight is 832 g/mol. The van der Waals surface area contributed by atoms with Crippen LogP contribution < -0.4 is 5.32 Å². The second-order valence-corrected chi connectivity index (χ2v) is 17.0. The van der Waals surface area contributed by atoms with E-state index in [1.165, 1.54) is 26.0 Å². The third-order valence-corrected chi connectivity index (χ3v) is 13.2. The Morgan fingerprint density at radius 1 is 0.917 bits per heavy atom. The molecule has 6 rings (SSSR count). The van der Waals surface area contributed by atoms with Crippen molar-refractivity contribution in [1.82, 2.24) is 5.32 Å². The Kier molecular flexibility index (Phi) is 12.1. The zero-order valence-electron chi connectivity index (χ0n) is 34.9. The zero-order chi connectivity index (χ0) is 44.1. The quantitative estimate of drug-likeness (QED) is 0.117.